The molecule has 2 unspecified atom stereocenters. The second kappa shape index (κ2) is 6.63. The summed E-state index contributed by atoms with van der Waals surface area (Å²) in [4.78, 5) is 39.5. The van der Waals surface area contributed by atoms with E-state index in [1.54, 1.807) is 46.4 Å². The number of hydrogen-bond acceptors (Lipinski definition) is 5. The zero-order chi connectivity index (χ0) is 19.9. The van der Waals surface area contributed by atoms with Crippen molar-refractivity contribution in [3.63, 3.8) is 0 Å². The summed E-state index contributed by atoms with van der Waals surface area (Å²) in [6.07, 6.45) is -0.451. The summed E-state index contributed by atoms with van der Waals surface area (Å²) in [5.74, 6) is -1.69. The number of amides is 2. The maximum Gasteiger partial charge on any atom is 0.410 e. The van der Waals surface area contributed by atoms with Gasteiger partial charge >= 0.3 is 18.2 Å². The molecule has 2 aliphatic heterocycles. The number of aliphatic carboxylic acids is 1. The molecule has 26 heavy (non-hydrogen) atoms. The first-order chi connectivity index (χ1) is 11.7. The molecule has 0 aromatic heterocycles. The predicted octanol–water partition coefficient (Wildman–Crippen LogP) is 2.57. The van der Waals surface area contributed by atoms with E-state index < -0.39 is 40.7 Å². The molecule has 0 saturated carbocycles. The molecule has 0 radical (unpaired) electrons. The number of carboxylic acids is 1. The Labute approximate surface area is 154 Å². The van der Waals surface area contributed by atoms with Crippen LogP contribution in [-0.2, 0) is 14.3 Å². The molecule has 1 N–H and O–H groups in total. The Morgan fingerprint density at radius 3 is 1.85 bits per heavy atom. The maximum atomic E-state index is 12.4. The summed E-state index contributed by atoms with van der Waals surface area (Å²) < 4.78 is 10.8. The van der Waals surface area contributed by atoms with Crippen molar-refractivity contribution in [2.75, 3.05) is 26.2 Å². The van der Waals surface area contributed by atoms with Gasteiger partial charge in [-0.25, -0.2) is 9.59 Å². The fourth-order valence-corrected chi connectivity index (χ4v) is 3.57. The van der Waals surface area contributed by atoms with Crippen LogP contribution in [-0.4, -0.2) is 70.4 Å². The first-order valence-electron chi connectivity index (χ1n) is 8.91. The highest BCUT2D eigenvalue weighted by molar-refractivity contribution is 5.76. The molecule has 2 rings (SSSR count). The summed E-state index contributed by atoms with van der Waals surface area (Å²) in [6, 6.07) is 0. The lowest BCUT2D eigenvalue weighted by atomic mass is 9.77. The zero-order valence-corrected chi connectivity index (χ0v) is 16.5. The van der Waals surface area contributed by atoms with Gasteiger partial charge in [-0.2, -0.15) is 0 Å². The van der Waals surface area contributed by atoms with E-state index in [9.17, 15) is 19.5 Å². The molecule has 0 aromatic carbocycles. The molecule has 0 aliphatic carbocycles. The average molecular weight is 370 g/mol. The summed E-state index contributed by atoms with van der Waals surface area (Å²) >= 11 is 0. The monoisotopic (exact) mass is 370 g/mol. The van der Waals surface area contributed by atoms with E-state index in [0.717, 1.165) is 0 Å². The van der Waals surface area contributed by atoms with Gasteiger partial charge in [0.2, 0.25) is 0 Å². The molecule has 2 heterocycles. The van der Waals surface area contributed by atoms with Crippen LogP contribution in [0, 0.1) is 11.3 Å². The van der Waals surface area contributed by atoms with Crippen molar-refractivity contribution in [2.24, 2.45) is 11.3 Å². The topological polar surface area (TPSA) is 96.4 Å². The molecular formula is C18H30N2O6. The van der Waals surface area contributed by atoms with E-state index in [-0.39, 0.29) is 19.6 Å². The summed E-state index contributed by atoms with van der Waals surface area (Å²) in [7, 11) is 0. The molecular weight excluding hydrogens is 340 g/mol. The van der Waals surface area contributed by atoms with Gasteiger partial charge in [0.05, 0.1) is 5.92 Å². The summed E-state index contributed by atoms with van der Waals surface area (Å²) in [5, 5.41) is 9.67. The summed E-state index contributed by atoms with van der Waals surface area (Å²) in [6.45, 7) is 11.7. The third-order valence-electron chi connectivity index (χ3n) is 4.63. The van der Waals surface area contributed by atoms with Gasteiger partial charge in [-0.3, -0.25) is 4.79 Å². The van der Waals surface area contributed by atoms with Crippen molar-refractivity contribution in [1.29, 1.82) is 0 Å². The third kappa shape index (κ3) is 4.59. The standard InChI is InChI=1S/C18H30N2O6/c1-16(2,3)25-14(23)19-8-7-18(10-19)11-20(9-12(18)13(21)22)15(24)26-17(4,5)6/h12H,7-11H2,1-6H3,(H,21,22). The number of likely N-dealkylation sites (tertiary alicyclic amines) is 2. The Bertz CT molecular complexity index is 587. The number of carboxylic acid groups (broad SMARTS) is 1. The van der Waals surface area contributed by atoms with Gasteiger partial charge in [-0.1, -0.05) is 0 Å². The van der Waals surface area contributed by atoms with Gasteiger partial charge in [0.15, 0.2) is 0 Å². The highest BCUT2D eigenvalue weighted by Crippen LogP contribution is 2.44. The molecule has 8 heteroatoms. The van der Waals surface area contributed by atoms with E-state index >= 15 is 0 Å². The second-order valence-electron chi connectivity index (χ2n) is 9.27. The lowest BCUT2D eigenvalue weighted by Crippen LogP contribution is -2.41. The Morgan fingerprint density at radius 1 is 0.923 bits per heavy atom. The Balaban J connectivity index is 2.13. The highest BCUT2D eigenvalue weighted by Gasteiger charge is 2.56. The van der Waals surface area contributed by atoms with Crippen molar-refractivity contribution < 1.29 is 29.0 Å². The van der Waals surface area contributed by atoms with Gasteiger partial charge < -0.3 is 24.4 Å². The molecule has 2 atom stereocenters. The van der Waals surface area contributed by atoms with Crippen molar-refractivity contribution in [3.05, 3.63) is 0 Å². The molecule has 1 spiro atoms. The number of ether oxygens (including phenoxy) is 2. The van der Waals surface area contributed by atoms with Crippen LogP contribution < -0.4 is 0 Å². The molecule has 8 nitrogen and oxygen atoms in total. The number of hydrogen-bond donors (Lipinski definition) is 1. The van der Waals surface area contributed by atoms with E-state index in [1.165, 1.54) is 4.90 Å². The normalized spacial score (nSPS) is 26.3. The van der Waals surface area contributed by atoms with Crippen molar-refractivity contribution >= 4 is 18.2 Å². The third-order valence-corrected chi connectivity index (χ3v) is 4.63. The Morgan fingerprint density at radius 2 is 1.38 bits per heavy atom. The van der Waals surface area contributed by atoms with E-state index in [2.05, 4.69) is 0 Å². The maximum absolute atomic E-state index is 12.4. The van der Waals surface area contributed by atoms with Gasteiger partial charge in [0.1, 0.15) is 11.2 Å². The average Bonchev–Trinajstić information content (AvgIpc) is 3.00. The van der Waals surface area contributed by atoms with Crippen LogP contribution in [0.1, 0.15) is 48.0 Å². The smallest absolute Gasteiger partial charge is 0.410 e. The first-order valence-corrected chi connectivity index (χ1v) is 8.91. The van der Waals surface area contributed by atoms with Crippen LogP contribution in [0.5, 0.6) is 0 Å². The molecule has 0 aromatic rings. The van der Waals surface area contributed by atoms with E-state index in [1.807, 2.05) is 0 Å². The Hall–Kier alpha value is -1.99. The molecule has 2 saturated heterocycles. The predicted molar refractivity (Wildman–Crippen MR) is 93.8 cm³/mol. The molecule has 2 amide bonds. The van der Waals surface area contributed by atoms with Crippen molar-refractivity contribution in [2.45, 2.75) is 59.2 Å². The minimum absolute atomic E-state index is 0.0897. The second-order valence-corrected chi connectivity index (χ2v) is 9.27. The van der Waals surface area contributed by atoms with Crippen LogP contribution in [0.3, 0.4) is 0 Å². The largest absolute Gasteiger partial charge is 0.481 e. The molecule has 2 aliphatic rings. The minimum atomic E-state index is -0.956. The lowest BCUT2D eigenvalue weighted by molar-refractivity contribution is -0.144. The zero-order valence-electron chi connectivity index (χ0n) is 16.5. The van der Waals surface area contributed by atoms with Crippen LogP contribution in [0.25, 0.3) is 0 Å². The number of carbonyl (C=O) groups excluding carboxylic acids is 2. The molecule has 0 bridgehead atoms. The van der Waals surface area contributed by atoms with Gasteiger partial charge in [-0.15, -0.1) is 0 Å². The quantitative estimate of drug-likeness (QED) is 0.762. The Kier molecular flexibility index (Phi) is 5.18. The molecule has 148 valence electrons. The van der Waals surface area contributed by atoms with Crippen molar-refractivity contribution in [1.82, 2.24) is 9.80 Å². The SMILES string of the molecule is CC(C)(C)OC(=O)N1CCC2(C1)CN(C(=O)OC(C)(C)C)CC2C(=O)O. The summed E-state index contributed by atoms with van der Waals surface area (Å²) in [5.41, 5.74) is -1.93. The van der Waals surface area contributed by atoms with Crippen LogP contribution in [0.4, 0.5) is 9.59 Å². The van der Waals surface area contributed by atoms with Gasteiger partial charge in [0, 0.05) is 31.6 Å². The van der Waals surface area contributed by atoms with Gasteiger partial charge in [0.25, 0.3) is 0 Å². The van der Waals surface area contributed by atoms with E-state index in [4.69, 9.17) is 9.47 Å². The van der Waals surface area contributed by atoms with Crippen LogP contribution in [0.2, 0.25) is 0 Å². The minimum Gasteiger partial charge on any atom is -0.481 e. The van der Waals surface area contributed by atoms with Gasteiger partial charge in [-0.05, 0) is 48.0 Å². The van der Waals surface area contributed by atoms with E-state index in [0.29, 0.717) is 13.0 Å². The van der Waals surface area contributed by atoms with Crippen LogP contribution >= 0.6 is 0 Å². The number of carbonyl (C=O) groups is 3. The van der Waals surface area contributed by atoms with Crippen molar-refractivity contribution in [3.8, 4) is 0 Å². The molecule has 2 fully saturated rings. The fraction of sp³-hybridized carbons (Fsp3) is 0.833. The first kappa shape index (κ1) is 20.3. The highest BCUT2D eigenvalue weighted by atomic mass is 16.6. The number of rotatable bonds is 1. The lowest BCUT2D eigenvalue weighted by Gasteiger charge is -2.29. The van der Waals surface area contributed by atoms with Crippen LogP contribution in [0.15, 0.2) is 0 Å². The fourth-order valence-electron chi connectivity index (χ4n) is 3.57. The number of nitrogens with zero attached hydrogens (tertiary/aromatic N) is 2.